The Kier molecular flexibility index (Phi) is 5.04. The highest BCUT2D eigenvalue weighted by molar-refractivity contribution is 7.87. The molecule has 0 aliphatic rings. The molecule has 0 aliphatic carbocycles. The van der Waals surface area contributed by atoms with E-state index in [4.69, 9.17) is 4.18 Å². The summed E-state index contributed by atoms with van der Waals surface area (Å²) in [5.74, 6) is 0.340. The molecule has 0 unspecified atom stereocenters. The van der Waals surface area contributed by atoms with Crippen LogP contribution in [0.15, 0.2) is 59.6 Å². The highest BCUT2D eigenvalue weighted by Crippen LogP contribution is 2.25. The second-order valence-corrected chi connectivity index (χ2v) is 7.74. The Morgan fingerprint density at radius 2 is 1.85 bits per heavy atom. The minimum atomic E-state index is -4.01. The Morgan fingerprint density at radius 1 is 1.12 bits per heavy atom. The van der Waals surface area contributed by atoms with Gasteiger partial charge in [0, 0.05) is 18.0 Å². The third-order valence-corrected chi connectivity index (χ3v) is 5.26. The van der Waals surface area contributed by atoms with E-state index in [1.165, 1.54) is 6.07 Å². The van der Waals surface area contributed by atoms with Gasteiger partial charge in [-0.05, 0) is 55.7 Å². The summed E-state index contributed by atoms with van der Waals surface area (Å²) in [5, 5.41) is 0.745. The van der Waals surface area contributed by atoms with Crippen LogP contribution in [0.4, 0.5) is 0 Å². The quantitative estimate of drug-likeness (QED) is 0.617. The lowest BCUT2D eigenvalue weighted by Crippen LogP contribution is -2.11. The molecule has 0 radical (unpaired) electrons. The summed E-state index contributed by atoms with van der Waals surface area (Å²) in [7, 11) is -4.01. The Morgan fingerprint density at radius 3 is 2.54 bits per heavy atom. The van der Waals surface area contributed by atoms with E-state index >= 15 is 0 Å². The van der Waals surface area contributed by atoms with Gasteiger partial charge in [-0.25, -0.2) is 0 Å². The number of fused-ring (bicyclic) bond motifs is 1. The summed E-state index contributed by atoms with van der Waals surface area (Å²) in [6.45, 7) is 3.45. The molecule has 2 aromatic carbocycles. The third kappa shape index (κ3) is 4.08. The first kappa shape index (κ1) is 18.1. The van der Waals surface area contributed by atoms with Crippen LogP contribution in [0.2, 0.25) is 0 Å². The predicted octanol–water partition coefficient (Wildman–Crippen LogP) is 3.83. The van der Waals surface area contributed by atoms with Crippen molar-refractivity contribution in [2.75, 3.05) is 0 Å². The Labute approximate surface area is 152 Å². The van der Waals surface area contributed by atoms with Crippen LogP contribution in [-0.4, -0.2) is 19.2 Å². The fourth-order valence-electron chi connectivity index (χ4n) is 2.65. The number of nitrogens with zero attached hydrogens (tertiary/aromatic N) is 1. The lowest BCUT2D eigenvalue weighted by atomic mass is 10.1. The van der Waals surface area contributed by atoms with Crippen molar-refractivity contribution in [3.05, 3.63) is 65.9 Å². The van der Waals surface area contributed by atoms with Crippen molar-refractivity contribution in [2.45, 2.75) is 31.6 Å². The monoisotopic (exact) mass is 369 g/mol. The summed E-state index contributed by atoms with van der Waals surface area (Å²) in [6, 6.07) is 13.6. The lowest BCUT2D eigenvalue weighted by Gasteiger charge is -2.10. The molecular weight excluding hydrogens is 350 g/mol. The topological polar surface area (TPSA) is 73.3 Å². The molecule has 0 spiro atoms. The number of hydrogen-bond acceptors (Lipinski definition) is 5. The largest absolute Gasteiger partial charge is 0.379 e. The first-order valence-electron chi connectivity index (χ1n) is 8.23. The number of para-hydroxylation sites is 1. The van der Waals surface area contributed by atoms with Crippen molar-refractivity contribution in [3.8, 4) is 5.75 Å². The highest BCUT2D eigenvalue weighted by atomic mass is 32.2. The number of aromatic nitrogens is 1. The normalized spacial score (nSPS) is 11.5. The molecular formula is C20H19NO4S. The fraction of sp³-hybridized carbons (Fsp3) is 0.200. The van der Waals surface area contributed by atoms with E-state index in [-0.39, 0.29) is 16.4 Å². The summed E-state index contributed by atoms with van der Waals surface area (Å²) < 4.78 is 30.7. The molecule has 0 atom stereocenters. The zero-order valence-corrected chi connectivity index (χ0v) is 15.4. The SMILES string of the molecule is CC(=O)CCc1ccc(OS(=O)(=O)c2cccc3cc(C)cnc23)cc1. The standard InChI is InChI=1S/C20H19NO4S/c1-14-12-17-4-3-5-19(20(17)21-13-14)26(23,24)25-18-10-8-16(9-11-18)7-6-15(2)22/h3-5,8-13H,6-7H2,1-2H3. The van der Waals surface area contributed by atoms with Crippen LogP contribution in [0.5, 0.6) is 5.75 Å². The molecule has 0 bridgehead atoms. The molecule has 1 aromatic heterocycles. The molecule has 1 heterocycles. The van der Waals surface area contributed by atoms with Crippen LogP contribution in [0, 0.1) is 6.92 Å². The number of aryl methyl sites for hydroxylation is 2. The van der Waals surface area contributed by atoms with Gasteiger partial charge in [0.1, 0.15) is 16.4 Å². The number of hydrogen-bond donors (Lipinski definition) is 0. The molecule has 0 fully saturated rings. The van der Waals surface area contributed by atoms with E-state index in [2.05, 4.69) is 4.98 Å². The molecule has 0 saturated heterocycles. The zero-order valence-electron chi connectivity index (χ0n) is 14.6. The minimum Gasteiger partial charge on any atom is -0.379 e. The molecule has 0 amide bonds. The lowest BCUT2D eigenvalue weighted by molar-refractivity contribution is -0.116. The predicted molar refractivity (Wildman–Crippen MR) is 99.7 cm³/mol. The maximum Gasteiger partial charge on any atom is 0.341 e. The number of ketones is 1. The van der Waals surface area contributed by atoms with E-state index in [0.29, 0.717) is 18.4 Å². The van der Waals surface area contributed by atoms with Gasteiger partial charge in [-0.2, -0.15) is 8.42 Å². The average molecular weight is 369 g/mol. The van der Waals surface area contributed by atoms with Crippen LogP contribution in [0.3, 0.4) is 0 Å². The molecule has 3 aromatic rings. The first-order chi connectivity index (χ1) is 12.3. The van der Waals surface area contributed by atoms with Gasteiger partial charge < -0.3 is 8.98 Å². The summed E-state index contributed by atoms with van der Waals surface area (Å²) in [6.07, 6.45) is 2.71. The first-order valence-corrected chi connectivity index (χ1v) is 9.64. The minimum absolute atomic E-state index is 0.0376. The summed E-state index contributed by atoms with van der Waals surface area (Å²) in [4.78, 5) is 15.3. The van der Waals surface area contributed by atoms with E-state index in [1.54, 1.807) is 43.5 Å². The second kappa shape index (κ2) is 7.25. The number of pyridine rings is 1. The third-order valence-electron chi connectivity index (χ3n) is 3.98. The van der Waals surface area contributed by atoms with Crippen LogP contribution < -0.4 is 4.18 Å². The molecule has 134 valence electrons. The van der Waals surface area contributed by atoms with Gasteiger partial charge in [0.05, 0.1) is 5.52 Å². The Hall–Kier alpha value is -2.73. The number of carbonyl (C=O) groups is 1. The van der Waals surface area contributed by atoms with Crippen LogP contribution >= 0.6 is 0 Å². The van der Waals surface area contributed by atoms with Crippen molar-refractivity contribution in [2.24, 2.45) is 0 Å². The van der Waals surface area contributed by atoms with Crippen molar-refractivity contribution >= 4 is 26.8 Å². The molecule has 5 nitrogen and oxygen atoms in total. The van der Waals surface area contributed by atoms with E-state index < -0.39 is 10.1 Å². The van der Waals surface area contributed by atoms with Crippen LogP contribution in [0.1, 0.15) is 24.5 Å². The van der Waals surface area contributed by atoms with E-state index in [1.807, 2.05) is 19.1 Å². The van der Waals surface area contributed by atoms with E-state index in [9.17, 15) is 13.2 Å². The van der Waals surface area contributed by atoms with Crippen LogP contribution in [0.25, 0.3) is 10.9 Å². The maximum atomic E-state index is 12.7. The van der Waals surface area contributed by atoms with Crippen molar-refractivity contribution in [1.82, 2.24) is 4.98 Å². The maximum absolute atomic E-state index is 12.7. The fourth-order valence-corrected chi connectivity index (χ4v) is 3.76. The number of carbonyl (C=O) groups excluding carboxylic acids is 1. The average Bonchev–Trinajstić information content (AvgIpc) is 2.60. The van der Waals surface area contributed by atoms with Gasteiger partial charge >= 0.3 is 10.1 Å². The molecule has 0 saturated carbocycles. The molecule has 26 heavy (non-hydrogen) atoms. The van der Waals surface area contributed by atoms with Gasteiger partial charge in [-0.3, -0.25) is 4.98 Å². The summed E-state index contributed by atoms with van der Waals surface area (Å²) in [5.41, 5.74) is 2.29. The molecule has 6 heteroatoms. The smallest absolute Gasteiger partial charge is 0.341 e. The Bertz CT molecular complexity index is 1060. The highest BCUT2D eigenvalue weighted by Gasteiger charge is 2.20. The molecule has 0 N–H and O–H groups in total. The molecule has 3 rings (SSSR count). The Balaban J connectivity index is 1.86. The van der Waals surface area contributed by atoms with Gasteiger partial charge in [0.25, 0.3) is 0 Å². The van der Waals surface area contributed by atoms with Gasteiger partial charge in [0.2, 0.25) is 0 Å². The van der Waals surface area contributed by atoms with E-state index in [0.717, 1.165) is 16.5 Å². The zero-order chi connectivity index (χ0) is 18.7. The number of Topliss-reactive ketones (excluding diaryl/α,β-unsaturated/α-hetero) is 1. The second-order valence-electron chi connectivity index (χ2n) is 6.22. The van der Waals surface area contributed by atoms with Crippen molar-refractivity contribution in [1.29, 1.82) is 0 Å². The van der Waals surface area contributed by atoms with Gasteiger partial charge in [-0.1, -0.05) is 24.3 Å². The van der Waals surface area contributed by atoms with Crippen LogP contribution in [-0.2, 0) is 21.3 Å². The van der Waals surface area contributed by atoms with Gasteiger partial charge in [-0.15, -0.1) is 0 Å². The van der Waals surface area contributed by atoms with Gasteiger partial charge in [0.15, 0.2) is 0 Å². The van der Waals surface area contributed by atoms with Crippen molar-refractivity contribution < 1.29 is 17.4 Å². The number of rotatable bonds is 6. The number of benzene rings is 2. The molecule has 0 aliphatic heterocycles. The van der Waals surface area contributed by atoms with Crippen molar-refractivity contribution in [3.63, 3.8) is 0 Å². The summed E-state index contributed by atoms with van der Waals surface area (Å²) >= 11 is 0.